The minimum atomic E-state index is -0.320. The predicted octanol–water partition coefficient (Wildman–Crippen LogP) is 4.64. The number of carbonyl (C=O) groups excluding carboxylic acids is 2. The smallest absolute Gasteiger partial charge is 0.291 e. The third-order valence-corrected chi connectivity index (χ3v) is 5.17. The van der Waals surface area contributed by atoms with Gasteiger partial charge in [0.25, 0.3) is 11.8 Å². The Kier molecular flexibility index (Phi) is 5.76. The van der Waals surface area contributed by atoms with E-state index in [4.69, 9.17) is 4.42 Å². The molecule has 0 bridgehead atoms. The molecule has 1 heterocycles. The van der Waals surface area contributed by atoms with E-state index in [1.165, 1.54) is 31.9 Å². The first-order valence-corrected chi connectivity index (χ1v) is 9.29. The highest BCUT2D eigenvalue weighted by Gasteiger charge is 2.23. The van der Waals surface area contributed by atoms with Crippen LogP contribution in [0.15, 0.2) is 41.0 Å². The van der Waals surface area contributed by atoms with E-state index in [1.807, 2.05) is 31.0 Å². The number of nitrogens with zero attached hydrogens (tertiary/aromatic N) is 1. The predicted molar refractivity (Wildman–Crippen MR) is 101 cm³/mol. The molecule has 1 aliphatic rings. The summed E-state index contributed by atoms with van der Waals surface area (Å²) in [5.74, 6) is -0.0677. The second-order valence-electron chi connectivity index (χ2n) is 7.02. The van der Waals surface area contributed by atoms with Crippen molar-refractivity contribution >= 4 is 17.5 Å². The van der Waals surface area contributed by atoms with Gasteiger partial charge in [-0.3, -0.25) is 9.59 Å². The van der Waals surface area contributed by atoms with Crippen molar-refractivity contribution in [2.24, 2.45) is 0 Å². The summed E-state index contributed by atoms with van der Waals surface area (Å²) in [5, 5.41) is 2.83. The number of hydrogen-bond donors (Lipinski definition) is 1. The van der Waals surface area contributed by atoms with Crippen LogP contribution in [0.2, 0.25) is 0 Å². The Morgan fingerprint density at radius 3 is 2.50 bits per heavy atom. The molecule has 0 spiro atoms. The van der Waals surface area contributed by atoms with Crippen LogP contribution in [-0.4, -0.2) is 29.8 Å². The maximum absolute atomic E-state index is 12.9. The van der Waals surface area contributed by atoms with E-state index in [0.29, 0.717) is 17.3 Å². The molecule has 1 aromatic heterocycles. The van der Waals surface area contributed by atoms with Gasteiger partial charge in [0.2, 0.25) is 0 Å². The number of benzene rings is 1. The third-order valence-electron chi connectivity index (χ3n) is 5.17. The van der Waals surface area contributed by atoms with Crippen LogP contribution >= 0.6 is 0 Å². The number of amides is 2. The maximum atomic E-state index is 12.9. The quantitative estimate of drug-likeness (QED) is 0.814. The summed E-state index contributed by atoms with van der Waals surface area (Å²) in [5.41, 5.74) is 2.13. The minimum Gasteiger partial charge on any atom is -0.459 e. The normalized spacial score (nSPS) is 15.3. The van der Waals surface area contributed by atoms with E-state index in [9.17, 15) is 9.59 Å². The molecular weight excluding hydrogens is 328 g/mol. The fourth-order valence-corrected chi connectivity index (χ4v) is 3.50. The summed E-state index contributed by atoms with van der Waals surface area (Å²) in [6, 6.07) is 9.03. The largest absolute Gasteiger partial charge is 0.459 e. The van der Waals surface area contributed by atoms with E-state index in [2.05, 4.69) is 5.32 Å². The van der Waals surface area contributed by atoms with Crippen molar-refractivity contribution in [3.63, 3.8) is 0 Å². The average molecular weight is 354 g/mol. The highest BCUT2D eigenvalue weighted by atomic mass is 16.3. The zero-order chi connectivity index (χ0) is 18.5. The van der Waals surface area contributed by atoms with Crippen molar-refractivity contribution in [3.8, 4) is 0 Å². The molecule has 3 rings (SSSR count). The highest BCUT2D eigenvalue weighted by molar-refractivity contribution is 6.03. The Balaban J connectivity index is 1.75. The minimum absolute atomic E-state index is 0.00500. The van der Waals surface area contributed by atoms with Crippen molar-refractivity contribution in [2.75, 3.05) is 12.4 Å². The van der Waals surface area contributed by atoms with Crippen molar-refractivity contribution < 1.29 is 14.0 Å². The molecule has 0 unspecified atom stereocenters. The molecular formula is C21H26N2O3. The van der Waals surface area contributed by atoms with Crippen molar-refractivity contribution in [3.05, 3.63) is 53.5 Å². The molecule has 2 amide bonds. The van der Waals surface area contributed by atoms with E-state index in [0.717, 1.165) is 18.4 Å². The van der Waals surface area contributed by atoms with Gasteiger partial charge in [-0.2, -0.15) is 0 Å². The molecule has 1 N–H and O–H groups in total. The van der Waals surface area contributed by atoms with E-state index < -0.39 is 0 Å². The second-order valence-corrected chi connectivity index (χ2v) is 7.02. The van der Waals surface area contributed by atoms with Gasteiger partial charge in [-0.1, -0.05) is 31.7 Å². The summed E-state index contributed by atoms with van der Waals surface area (Å²) in [6.45, 7) is 1.90. The molecule has 26 heavy (non-hydrogen) atoms. The lowest BCUT2D eigenvalue weighted by molar-refractivity contribution is 0.0717. The van der Waals surface area contributed by atoms with Gasteiger partial charge in [-0.05, 0) is 49.6 Å². The van der Waals surface area contributed by atoms with Crippen LogP contribution in [0.5, 0.6) is 0 Å². The Hall–Kier alpha value is -2.56. The number of nitrogens with one attached hydrogen (secondary N) is 1. The van der Waals surface area contributed by atoms with Crippen molar-refractivity contribution in [1.29, 1.82) is 0 Å². The number of aryl methyl sites for hydroxylation is 1. The molecule has 1 aromatic carbocycles. The molecule has 0 atom stereocenters. The van der Waals surface area contributed by atoms with Gasteiger partial charge in [0.15, 0.2) is 5.76 Å². The van der Waals surface area contributed by atoms with Gasteiger partial charge >= 0.3 is 0 Å². The number of rotatable bonds is 4. The third kappa shape index (κ3) is 4.15. The van der Waals surface area contributed by atoms with E-state index in [-0.39, 0.29) is 17.6 Å². The summed E-state index contributed by atoms with van der Waals surface area (Å²) in [7, 11) is 1.89. The second kappa shape index (κ2) is 8.21. The molecule has 1 saturated carbocycles. The summed E-state index contributed by atoms with van der Waals surface area (Å²) in [4.78, 5) is 27.0. The SMILES string of the molecule is Cc1ccc(C(=O)N(C)C2CCCCCC2)cc1NC(=O)c1ccco1. The molecule has 0 radical (unpaired) electrons. The topological polar surface area (TPSA) is 62.6 Å². The molecule has 5 heteroatoms. The lowest BCUT2D eigenvalue weighted by Gasteiger charge is -2.27. The molecule has 0 saturated heterocycles. The van der Waals surface area contributed by atoms with Crippen molar-refractivity contribution in [1.82, 2.24) is 4.90 Å². The first-order valence-electron chi connectivity index (χ1n) is 9.29. The Bertz CT molecular complexity index is 760. The van der Waals surface area contributed by atoms with Crippen LogP contribution in [-0.2, 0) is 0 Å². The van der Waals surface area contributed by atoms with Crippen LogP contribution in [0.3, 0.4) is 0 Å². The summed E-state index contributed by atoms with van der Waals surface area (Å²) in [6.07, 6.45) is 8.47. The summed E-state index contributed by atoms with van der Waals surface area (Å²) < 4.78 is 5.13. The fourth-order valence-electron chi connectivity index (χ4n) is 3.50. The Morgan fingerprint density at radius 1 is 1.12 bits per heavy atom. The maximum Gasteiger partial charge on any atom is 0.291 e. The molecule has 2 aromatic rings. The number of carbonyl (C=O) groups is 2. The van der Waals surface area contributed by atoms with Gasteiger partial charge in [0.1, 0.15) is 0 Å². The van der Waals surface area contributed by atoms with Gasteiger partial charge in [0.05, 0.1) is 6.26 Å². The van der Waals surface area contributed by atoms with Crippen LogP contribution in [0.4, 0.5) is 5.69 Å². The molecule has 0 aliphatic heterocycles. The first-order chi connectivity index (χ1) is 12.6. The van der Waals surface area contributed by atoms with Gasteiger partial charge in [-0.15, -0.1) is 0 Å². The summed E-state index contributed by atoms with van der Waals surface area (Å²) >= 11 is 0. The molecule has 5 nitrogen and oxygen atoms in total. The standard InChI is InChI=1S/C21H26N2O3/c1-15-11-12-16(14-18(15)22-20(24)19-10-7-13-26-19)21(25)23(2)17-8-5-3-4-6-9-17/h7,10-14,17H,3-6,8-9H2,1-2H3,(H,22,24). The van der Waals surface area contributed by atoms with E-state index >= 15 is 0 Å². The van der Waals surface area contributed by atoms with Gasteiger partial charge in [-0.25, -0.2) is 0 Å². The van der Waals surface area contributed by atoms with Crippen LogP contribution in [0.1, 0.15) is 65.0 Å². The monoisotopic (exact) mass is 354 g/mol. The molecule has 1 aliphatic carbocycles. The lowest BCUT2D eigenvalue weighted by atomic mass is 10.0. The van der Waals surface area contributed by atoms with Crippen LogP contribution in [0.25, 0.3) is 0 Å². The van der Waals surface area contributed by atoms with Crippen LogP contribution in [0, 0.1) is 6.92 Å². The number of furan rings is 1. The van der Waals surface area contributed by atoms with Gasteiger partial charge in [0, 0.05) is 24.3 Å². The zero-order valence-electron chi connectivity index (χ0n) is 15.5. The number of hydrogen-bond acceptors (Lipinski definition) is 3. The molecule has 1 fully saturated rings. The lowest BCUT2D eigenvalue weighted by Crippen LogP contribution is -2.36. The average Bonchev–Trinajstić information content (AvgIpc) is 3.05. The highest BCUT2D eigenvalue weighted by Crippen LogP contribution is 2.24. The number of anilines is 1. The van der Waals surface area contributed by atoms with Crippen LogP contribution < -0.4 is 5.32 Å². The first kappa shape index (κ1) is 18.2. The zero-order valence-corrected chi connectivity index (χ0v) is 15.5. The Morgan fingerprint density at radius 2 is 1.85 bits per heavy atom. The fraction of sp³-hybridized carbons (Fsp3) is 0.429. The van der Waals surface area contributed by atoms with Gasteiger partial charge < -0.3 is 14.6 Å². The van der Waals surface area contributed by atoms with E-state index in [1.54, 1.807) is 18.2 Å². The van der Waals surface area contributed by atoms with Crippen molar-refractivity contribution in [2.45, 2.75) is 51.5 Å². The Labute approximate surface area is 154 Å². The molecule has 138 valence electrons.